The van der Waals surface area contributed by atoms with Crippen LogP contribution in [0.5, 0.6) is 0 Å². The minimum absolute atomic E-state index is 0.00239. The Hall–Kier alpha value is -1.48. The molecule has 1 aliphatic rings. The van der Waals surface area contributed by atoms with E-state index in [9.17, 15) is 8.42 Å². The topological polar surface area (TPSA) is 88.3 Å². The molecule has 154 valence electrons. The Labute approximate surface area is 171 Å². The maximum Gasteiger partial charge on any atom is 0.243 e. The second-order valence-electron chi connectivity index (χ2n) is 8.27. The molecule has 1 saturated heterocycles. The fourth-order valence-corrected chi connectivity index (χ4v) is 4.60. The number of halogens is 1. The number of benzene rings is 1. The molecule has 0 bridgehead atoms. The summed E-state index contributed by atoms with van der Waals surface area (Å²) >= 11 is 5.84. The normalized spacial score (nSPS) is 18.3. The van der Waals surface area contributed by atoms with Crippen LogP contribution in [0.4, 0.5) is 0 Å². The summed E-state index contributed by atoms with van der Waals surface area (Å²) in [5.41, 5.74) is -0.158. The van der Waals surface area contributed by atoms with Gasteiger partial charge in [0.15, 0.2) is 5.82 Å². The van der Waals surface area contributed by atoms with E-state index in [1.54, 1.807) is 12.1 Å². The Balaban J connectivity index is 1.58. The number of hydrogen-bond donors (Lipinski definition) is 1. The van der Waals surface area contributed by atoms with Crippen molar-refractivity contribution in [2.24, 2.45) is 0 Å². The highest BCUT2D eigenvalue weighted by molar-refractivity contribution is 7.89. The van der Waals surface area contributed by atoms with Crippen LogP contribution in [0, 0.1) is 0 Å². The minimum atomic E-state index is -3.55. The number of hydrogen-bond acceptors (Lipinski definition) is 6. The van der Waals surface area contributed by atoms with Crippen molar-refractivity contribution in [1.82, 2.24) is 19.8 Å². The Kier molecular flexibility index (Phi) is 6.14. The zero-order valence-corrected chi connectivity index (χ0v) is 18.2. The molecule has 2 aromatic rings. The van der Waals surface area contributed by atoms with E-state index in [2.05, 4.69) is 19.8 Å². The fourth-order valence-electron chi connectivity index (χ4n) is 3.17. The monoisotopic (exact) mass is 426 g/mol. The van der Waals surface area contributed by atoms with E-state index in [0.717, 1.165) is 25.9 Å². The number of likely N-dealkylation sites (tertiary alicyclic amines) is 1. The van der Waals surface area contributed by atoms with Crippen LogP contribution >= 0.6 is 11.6 Å². The van der Waals surface area contributed by atoms with E-state index in [1.165, 1.54) is 12.1 Å². The van der Waals surface area contributed by atoms with Crippen LogP contribution in [0.1, 0.15) is 58.3 Å². The van der Waals surface area contributed by atoms with Gasteiger partial charge in [-0.3, -0.25) is 4.90 Å². The molecule has 1 aromatic heterocycles. The van der Waals surface area contributed by atoms with Crippen LogP contribution in [0.3, 0.4) is 0 Å². The number of nitrogens with one attached hydrogen (secondary N) is 1. The molecule has 3 rings (SSSR count). The second-order valence-corrected chi connectivity index (χ2v) is 10.4. The largest absolute Gasteiger partial charge is 0.338 e. The van der Waals surface area contributed by atoms with E-state index in [4.69, 9.17) is 16.1 Å². The summed E-state index contributed by atoms with van der Waals surface area (Å²) in [5, 5.41) is 4.60. The molecule has 0 amide bonds. The first-order valence-electron chi connectivity index (χ1n) is 9.42. The quantitative estimate of drug-likeness (QED) is 0.786. The Morgan fingerprint density at radius 2 is 1.82 bits per heavy atom. The van der Waals surface area contributed by atoms with E-state index < -0.39 is 10.0 Å². The smallest absolute Gasteiger partial charge is 0.243 e. The van der Waals surface area contributed by atoms with Crippen LogP contribution in [0.15, 0.2) is 33.7 Å². The Bertz CT molecular complexity index is 898. The number of aromatic nitrogens is 2. The van der Waals surface area contributed by atoms with Crippen molar-refractivity contribution in [3.63, 3.8) is 0 Å². The van der Waals surface area contributed by atoms with Crippen LogP contribution < -0.4 is 4.72 Å². The molecule has 1 fully saturated rings. The molecule has 7 nitrogen and oxygen atoms in total. The molecule has 0 radical (unpaired) electrons. The predicted octanol–water partition coefficient (Wildman–Crippen LogP) is 3.52. The molecule has 9 heteroatoms. The zero-order valence-electron chi connectivity index (χ0n) is 16.6. The van der Waals surface area contributed by atoms with Crippen molar-refractivity contribution >= 4 is 21.6 Å². The van der Waals surface area contributed by atoms with Gasteiger partial charge in [-0.25, -0.2) is 13.1 Å². The lowest BCUT2D eigenvalue weighted by Gasteiger charge is -2.34. The van der Waals surface area contributed by atoms with E-state index >= 15 is 0 Å². The van der Waals surface area contributed by atoms with Gasteiger partial charge in [0.1, 0.15) is 0 Å². The second kappa shape index (κ2) is 8.10. The number of nitrogens with zero attached hydrogens (tertiary/aromatic N) is 3. The lowest BCUT2D eigenvalue weighted by molar-refractivity contribution is 0.134. The third kappa shape index (κ3) is 4.92. The van der Waals surface area contributed by atoms with Gasteiger partial charge >= 0.3 is 0 Å². The van der Waals surface area contributed by atoms with E-state index in [0.29, 0.717) is 16.7 Å². The molecule has 1 unspecified atom stereocenters. The van der Waals surface area contributed by atoms with Crippen molar-refractivity contribution < 1.29 is 12.9 Å². The average molecular weight is 427 g/mol. The predicted molar refractivity (Wildman–Crippen MR) is 108 cm³/mol. The summed E-state index contributed by atoms with van der Waals surface area (Å²) < 4.78 is 33.3. The van der Waals surface area contributed by atoms with Crippen LogP contribution in [0.25, 0.3) is 0 Å². The van der Waals surface area contributed by atoms with Gasteiger partial charge in [0.05, 0.1) is 10.9 Å². The van der Waals surface area contributed by atoms with Crippen molar-refractivity contribution in [3.05, 3.63) is 41.0 Å². The van der Waals surface area contributed by atoms with Crippen molar-refractivity contribution in [3.8, 4) is 0 Å². The van der Waals surface area contributed by atoms with Crippen LogP contribution in [-0.4, -0.2) is 42.6 Å². The zero-order chi connectivity index (χ0) is 20.5. The van der Waals surface area contributed by atoms with Crippen molar-refractivity contribution in [2.45, 2.75) is 62.9 Å². The first-order valence-corrected chi connectivity index (χ1v) is 11.3. The third-order valence-corrected chi connectivity index (χ3v) is 6.78. The first-order chi connectivity index (χ1) is 13.1. The summed E-state index contributed by atoms with van der Waals surface area (Å²) in [5.74, 6) is 1.30. The average Bonchev–Trinajstić information content (AvgIpc) is 3.12. The molecule has 0 saturated carbocycles. The molecular formula is C19H27ClN4O3S. The standard InChI is InChI=1S/C19H27ClN4O3S/c1-13(17-21-18(22-27-17)19(2,3)4)24-11-9-15(10-12-24)23-28(25,26)16-7-5-14(20)6-8-16/h5-8,13,15,23H,9-12H2,1-4H3. The van der Waals surface area contributed by atoms with Crippen molar-refractivity contribution in [2.75, 3.05) is 13.1 Å². The highest BCUT2D eigenvalue weighted by Gasteiger charge is 2.30. The molecular weight excluding hydrogens is 400 g/mol. The van der Waals surface area contributed by atoms with Gasteiger partial charge in [0.2, 0.25) is 15.9 Å². The SMILES string of the molecule is CC(c1nc(C(C)(C)C)no1)N1CCC(NS(=O)(=O)c2ccc(Cl)cc2)CC1. The minimum Gasteiger partial charge on any atom is -0.338 e. The molecule has 0 spiro atoms. The van der Waals surface area contributed by atoms with Gasteiger partial charge in [-0.05, 0) is 44.0 Å². The molecule has 1 atom stereocenters. The van der Waals surface area contributed by atoms with Gasteiger partial charge in [-0.1, -0.05) is 37.5 Å². The van der Waals surface area contributed by atoms with Crippen LogP contribution in [0.2, 0.25) is 5.02 Å². The molecule has 28 heavy (non-hydrogen) atoms. The van der Waals surface area contributed by atoms with Gasteiger partial charge in [0, 0.05) is 29.6 Å². The van der Waals surface area contributed by atoms with Gasteiger partial charge in [0.25, 0.3) is 0 Å². The fraction of sp³-hybridized carbons (Fsp3) is 0.579. The molecule has 1 N–H and O–H groups in total. The summed E-state index contributed by atoms with van der Waals surface area (Å²) in [6.07, 6.45) is 1.44. The maximum absolute atomic E-state index is 12.5. The van der Waals surface area contributed by atoms with Gasteiger partial charge < -0.3 is 4.52 Å². The molecule has 1 aromatic carbocycles. The highest BCUT2D eigenvalue weighted by Crippen LogP contribution is 2.26. The summed E-state index contributed by atoms with van der Waals surface area (Å²) in [6, 6.07) is 6.09. The van der Waals surface area contributed by atoms with E-state index in [-0.39, 0.29) is 22.4 Å². The van der Waals surface area contributed by atoms with Crippen molar-refractivity contribution in [1.29, 1.82) is 0 Å². The summed E-state index contributed by atoms with van der Waals surface area (Å²) in [4.78, 5) is 7.01. The van der Waals surface area contributed by atoms with Gasteiger partial charge in [-0.2, -0.15) is 4.98 Å². The highest BCUT2D eigenvalue weighted by atomic mass is 35.5. The Morgan fingerprint density at radius 1 is 1.21 bits per heavy atom. The lowest BCUT2D eigenvalue weighted by Crippen LogP contribution is -2.45. The van der Waals surface area contributed by atoms with Gasteiger partial charge in [-0.15, -0.1) is 0 Å². The summed E-state index contributed by atoms with van der Waals surface area (Å²) in [7, 11) is -3.55. The molecule has 1 aliphatic heterocycles. The Morgan fingerprint density at radius 3 is 2.36 bits per heavy atom. The van der Waals surface area contributed by atoms with E-state index in [1.807, 2.05) is 27.7 Å². The lowest BCUT2D eigenvalue weighted by atomic mass is 9.96. The number of rotatable bonds is 5. The number of piperidine rings is 1. The first kappa shape index (κ1) is 21.2. The number of sulfonamides is 1. The van der Waals surface area contributed by atoms with Crippen LogP contribution in [-0.2, 0) is 15.4 Å². The third-order valence-electron chi connectivity index (χ3n) is 4.99. The maximum atomic E-state index is 12.5. The molecule has 2 heterocycles. The summed E-state index contributed by atoms with van der Waals surface area (Å²) in [6.45, 7) is 9.68. The molecule has 0 aliphatic carbocycles.